The Morgan fingerprint density at radius 2 is 0.538 bits per heavy atom. The fourth-order valence-corrected chi connectivity index (χ4v) is 8.21. The maximum atomic E-state index is 11.2. The molecule has 0 aromatic heterocycles. The quantitative estimate of drug-likeness (QED) is 0.0683. The van der Waals surface area contributed by atoms with Gasteiger partial charge in [-0.25, -0.2) is 0 Å². The number of aliphatic hydroxyl groups excluding tert-OH is 19. The van der Waals surface area contributed by atoms with Crippen LogP contribution in [0.25, 0.3) is 0 Å². The molecule has 380 valence electrons. The maximum absolute atomic E-state index is 11.2. The lowest BCUT2D eigenvalue weighted by Crippen LogP contribution is -2.68. The Hall–Kier alpha value is -1.20. The summed E-state index contributed by atoms with van der Waals surface area (Å²) in [5.74, 6) is 0. The Balaban J connectivity index is 1.06. The average Bonchev–Trinajstić information content (AvgIpc) is 3.58. The molecule has 0 amide bonds. The van der Waals surface area contributed by atoms with Gasteiger partial charge >= 0.3 is 0 Å². The molecule has 6 rings (SSSR count). The summed E-state index contributed by atoms with van der Waals surface area (Å²) in [7, 11) is 0. The van der Waals surface area contributed by atoms with Crippen LogP contribution in [-0.4, -0.2) is 315 Å². The molecule has 30 nitrogen and oxygen atoms in total. The summed E-state index contributed by atoms with van der Waals surface area (Å²) in [5, 5.41) is 198. The van der Waals surface area contributed by atoms with Gasteiger partial charge in [-0.15, -0.1) is 0 Å². The normalized spacial score (nSPS) is 53.3. The van der Waals surface area contributed by atoms with Crippen molar-refractivity contribution in [3.05, 3.63) is 0 Å². The highest BCUT2D eigenvalue weighted by molar-refractivity contribution is 4.99. The lowest BCUT2D eigenvalue weighted by atomic mass is 9.95. The summed E-state index contributed by atoms with van der Waals surface area (Å²) < 4.78 is 60.3. The van der Waals surface area contributed by atoms with Crippen LogP contribution in [0.5, 0.6) is 0 Å². The van der Waals surface area contributed by atoms with E-state index in [1.54, 1.807) is 0 Å². The van der Waals surface area contributed by atoms with Crippen LogP contribution in [0.2, 0.25) is 0 Å². The first-order chi connectivity index (χ1) is 30.8. The molecule has 0 aliphatic carbocycles. The third kappa shape index (κ3) is 10.9. The van der Waals surface area contributed by atoms with Crippen molar-refractivity contribution < 1.29 is 149 Å². The molecule has 0 bridgehead atoms. The SMILES string of the molecule is OC[C@@H]1O[C@@H](OC[C@H]2O[C@H](O[C@H]3[C@H](O)[C@@H](O)[C@@H](O[C@H]4[C@H](O)[C@@H](O)[C@@H](O[C@H]5[C@H](O)[C@@H](O)[C@@H](O[C@H]6[C@H](O)[C@@H](O)[C@H](O)O[C@@H]6CO)O[C@@H]5CO)O[C@@H]4CO)O[C@@H]3CO)[C@H](O)[C@@H](O)[C@@H]2O)[C@H](O)[C@H]1O. The molecule has 30 heteroatoms. The maximum Gasteiger partial charge on any atom is 0.187 e. The zero-order chi connectivity index (χ0) is 47.8. The lowest BCUT2D eigenvalue weighted by Gasteiger charge is -2.49. The van der Waals surface area contributed by atoms with Gasteiger partial charge in [-0.2, -0.15) is 0 Å². The van der Waals surface area contributed by atoms with E-state index in [0.29, 0.717) is 0 Å². The lowest BCUT2D eigenvalue weighted by molar-refractivity contribution is -0.393. The second-order valence-electron chi connectivity index (χ2n) is 16.3. The van der Waals surface area contributed by atoms with Crippen molar-refractivity contribution in [2.45, 2.75) is 178 Å². The fourth-order valence-electron chi connectivity index (χ4n) is 8.21. The summed E-state index contributed by atoms with van der Waals surface area (Å²) in [6, 6.07) is 0. The molecule has 6 aliphatic heterocycles. The van der Waals surface area contributed by atoms with Crippen molar-refractivity contribution in [1.82, 2.24) is 0 Å². The minimum absolute atomic E-state index is 0.665. The molecule has 6 saturated heterocycles. The Bertz CT molecular complexity index is 1450. The van der Waals surface area contributed by atoms with Gasteiger partial charge in [0, 0.05) is 0 Å². The molecule has 0 spiro atoms. The van der Waals surface area contributed by atoms with Gasteiger partial charge in [0.05, 0.1) is 39.6 Å². The van der Waals surface area contributed by atoms with Gasteiger partial charge in [0.25, 0.3) is 0 Å². The van der Waals surface area contributed by atoms with Gasteiger partial charge < -0.3 is 149 Å². The fraction of sp³-hybridized carbons (Fsp3) is 1.00. The highest BCUT2D eigenvalue weighted by atomic mass is 16.8. The minimum Gasteiger partial charge on any atom is -0.394 e. The van der Waals surface area contributed by atoms with Crippen LogP contribution in [0.1, 0.15) is 0 Å². The summed E-state index contributed by atoms with van der Waals surface area (Å²) in [5.41, 5.74) is 0. The molecule has 6 aliphatic rings. The molecule has 0 unspecified atom stereocenters. The van der Waals surface area contributed by atoms with E-state index in [1.807, 2.05) is 0 Å². The molecule has 19 N–H and O–H groups in total. The summed E-state index contributed by atoms with van der Waals surface area (Å²) in [6.45, 7) is -5.17. The summed E-state index contributed by atoms with van der Waals surface area (Å²) in [4.78, 5) is 0. The van der Waals surface area contributed by atoms with Gasteiger partial charge in [0.2, 0.25) is 0 Å². The van der Waals surface area contributed by atoms with E-state index in [9.17, 15) is 97.0 Å². The third-order valence-electron chi connectivity index (χ3n) is 12.1. The van der Waals surface area contributed by atoms with E-state index in [0.717, 1.165) is 0 Å². The first kappa shape index (κ1) is 53.2. The van der Waals surface area contributed by atoms with Gasteiger partial charge in [-0.05, 0) is 0 Å². The third-order valence-corrected chi connectivity index (χ3v) is 12.1. The Morgan fingerprint density at radius 1 is 0.262 bits per heavy atom. The number of hydrogen-bond acceptors (Lipinski definition) is 30. The molecule has 6 fully saturated rings. The van der Waals surface area contributed by atoms with Crippen LogP contribution >= 0.6 is 0 Å². The molecule has 29 atom stereocenters. The molecular weight excluding hydrogens is 900 g/mol. The number of rotatable bonds is 16. The zero-order valence-electron chi connectivity index (χ0n) is 34.0. The Labute approximate surface area is 366 Å². The van der Waals surface area contributed by atoms with Crippen LogP contribution < -0.4 is 0 Å². The Morgan fingerprint density at radius 3 is 0.892 bits per heavy atom. The smallest absolute Gasteiger partial charge is 0.187 e. The van der Waals surface area contributed by atoms with Crippen LogP contribution in [0.4, 0.5) is 0 Å². The minimum atomic E-state index is -2.16. The van der Waals surface area contributed by atoms with E-state index in [2.05, 4.69) is 0 Å². The van der Waals surface area contributed by atoms with Crippen molar-refractivity contribution in [2.24, 2.45) is 0 Å². The van der Waals surface area contributed by atoms with Gasteiger partial charge in [0.1, 0.15) is 140 Å². The van der Waals surface area contributed by atoms with E-state index in [1.165, 1.54) is 0 Å². The van der Waals surface area contributed by atoms with Crippen LogP contribution in [-0.2, 0) is 52.1 Å². The predicted molar refractivity (Wildman–Crippen MR) is 193 cm³/mol. The van der Waals surface area contributed by atoms with E-state index in [-0.39, 0.29) is 0 Å². The molecule has 0 aromatic rings. The standard InChI is InChI=1S/C35H60O30/c36-1-7-13(41)21(49)31(57-7)55-6-12-14(42)15(43)22(50)32(61-12)63-27-9(3-38)59-34(24(52)17(27)45)65-29-11(5-40)60-35(25(53)19(29)47)64-28-10(4-39)58-33(23(51)18(28)46)62-26-8(2-37)56-30(54)20(48)16(26)44/h7-54H,1-6H2/t7-,8+,9+,10+,11+,12+,13-,14+,15-,16+,17+,18+,19+,20+,21+,22+,23+,24+,25+,26+,27+,28+,29+,30+,31+,32+,33+,34+,35+/m0/s1. The number of hydrogen-bond donors (Lipinski definition) is 19. The first-order valence-electron chi connectivity index (χ1n) is 20.6. The second-order valence-corrected chi connectivity index (χ2v) is 16.3. The highest BCUT2D eigenvalue weighted by Gasteiger charge is 2.56. The van der Waals surface area contributed by atoms with Gasteiger partial charge in [-0.1, -0.05) is 0 Å². The van der Waals surface area contributed by atoms with E-state index >= 15 is 0 Å². The van der Waals surface area contributed by atoms with Crippen molar-refractivity contribution >= 4 is 0 Å². The van der Waals surface area contributed by atoms with Crippen LogP contribution in [0, 0.1) is 0 Å². The van der Waals surface area contributed by atoms with Crippen molar-refractivity contribution in [2.75, 3.05) is 39.6 Å². The van der Waals surface area contributed by atoms with Crippen molar-refractivity contribution in [1.29, 1.82) is 0 Å². The number of ether oxygens (including phenoxy) is 11. The molecule has 65 heavy (non-hydrogen) atoms. The van der Waals surface area contributed by atoms with Gasteiger partial charge in [0.15, 0.2) is 37.7 Å². The van der Waals surface area contributed by atoms with Crippen molar-refractivity contribution in [3.8, 4) is 0 Å². The molecule has 0 aromatic carbocycles. The topological polar surface area (TPSA) is 486 Å². The Kier molecular flexibility index (Phi) is 18.6. The molecule has 6 heterocycles. The van der Waals surface area contributed by atoms with E-state index in [4.69, 9.17) is 52.1 Å². The molecule has 0 saturated carbocycles. The average molecular weight is 961 g/mol. The van der Waals surface area contributed by atoms with Crippen molar-refractivity contribution in [3.63, 3.8) is 0 Å². The van der Waals surface area contributed by atoms with E-state index < -0.39 is 218 Å². The molecule has 0 radical (unpaired) electrons. The predicted octanol–water partition coefficient (Wildman–Crippen LogP) is -13.5. The monoisotopic (exact) mass is 960 g/mol. The second kappa shape index (κ2) is 22.7. The summed E-state index contributed by atoms with van der Waals surface area (Å²) >= 11 is 0. The zero-order valence-corrected chi connectivity index (χ0v) is 34.0. The first-order valence-corrected chi connectivity index (χ1v) is 20.6. The number of aliphatic hydroxyl groups is 19. The van der Waals surface area contributed by atoms with Crippen LogP contribution in [0.3, 0.4) is 0 Å². The largest absolute Gasteiger partial charge is 0.394 e. The molecular formula is C35H60O30. The van der Waals surface area contributed by atoms with Gasteiger partial charge in [-0.3, -0.25) is 0 Å². The van der Waals surface area contributed by atoms with Crippen LogP contribution in [0.15, 0.2) is 0 Å². The summed E-state index contributed by atoms with van der Waals surface area (Å²) in [6.07, 6.45) is -53.1. The highest BCUT2D eigenvalue weighted by Crippen LogP contribution is 2.36.